The number of hydrogen-bond acceptors (Lipinski definition) is 2. The monoisotopic (exact) mass is 261 g/mol. The quantitative estimate of drug-likeness (QED) is 0.886. The van der Waals surface area contributed by atoms with Crippen LogP contribution in [0.3, 0.4) is 0 Å². The van der Waals surface area contributed by atoms with E-state index in [9.17, 15) is 4.79 Å². The normalized spacial score (nSPS) is 20.1. The van der Waals surface area contributed by atoms with Crippen LogP contribution < -0.4 is 0 Å². The van der Waals surface area contributed by atoms with E-state index in [0.717, 1.165) is 6.54 Å². The lowest BCUT2D eigenvalue weighted by atomic mass is 9.82. The molecule has 2 unspecified atom stereocenters. The molecule has 3 heteroatoms. The summed E-state index contributed by atoms with van der Waals surface area (Å²) in [6.45, 7) is 3.34. The number of benzene rings is 1. The maximum Gasteiger partial charge on any atom is 0.307 e. The highest BCUT2D eigenvalue weighted by Crippen LogP contribution is 2.31. The summed E-state index contributed by atoms with van der Waals surface area (Å²) >= 11 is 0. The van der Waals surface area contributed by atoms with Gasteiger partial charge in [0.15, 0.2) is 0 Å². The Balaban J connectivity index is 1.98. The first-order valence-corrected chi connectivity index (χ1v) is 7.07. The first-order chi connectivity index (χ1) is 9.08. The topological polar surface area (TPSA) is 40.5 Å². The van der Waals surface area contributed by atoms with Gasteiger partial charge in [-0.2, -0.15) is 0 Å². The first kappa shape index (κ1) is 14.1. The lowest BCUT2D eigenvalue weighted by molar-refractivity contribution is -0.141. The molecule has 1 aliphatic rings. The predicted octanol–water partition coefficient (Wildman–Crippen LogP) is 2.76. The number of fused-ring (bicyclic) bond motifs is 1. The summed E-state index contributed by atoms with van der Waals surface area (Å²) in [5.41, 5.74) is 2.93. The van der Waals surface area contributed by atoms with Gasteiger partial charge in [-0.05, 0) is 43.4 Å². The van der Waals surface area contributed by atoms with Gasteiger partial charge in [0.2, 0.25) is 0 Å². The van der Waals surface area contributed by atoms with Gasteiger partial charge in [0.05, 0.1) is 5.92 Å². The van der Waals surface area contributed by atoms with Crippen molar-refractivity contribution in [2.24, 2.45) is 5.92 Å². The van der Waals surface area contributed by atoms with Crippen molar-refractivity contribution in [3.05, 3.63) is 35.4 Å². The van der Waals surface area contributed by atoms with Crippen molar-refractivity contribution in [3.63, 3.8) is 0 Å². The summed E-state index contributed by atoms with van der Waals surface area (Å²) in [7, 11) is 2.02. The molecule has 104 valence electrons. The number of aryl methyl sites for hydroxylation is 1. The molecule has 0 radical (unpaired) electrons. The van der Waals surface area contributed by atoms with E-state index in [2.05, 4.69) is 29.2 Å². The summed E-state index contributed by atoms with van der Waals surface area (Å²) in [5, 5.41) is 8.97. The third kappa shape index (κ3) is 3.57. The number of nitrogens with zero attached hydrogens (tertiary/aromatic N) is 1. The van der Waals surface area contributed by atoms with Crippen molar-refractivity contribution >= 4 is 5.97 Å². The summed E-state index contributed by atoms with van der Waals surface area (Å²) in [4.78, 5) is 13.1. The molecule has 0 amide bonds. The van der Waals surface area contributed by atoms with Crippen LogP contribution in [-0.2, 0) is 11.2 Å². The molecule has 0 spiro atoms. The third-order valence-electron chi connectivity index (χ3n) is 4.03. The molecule has 1 N–H and O–H groups in total. The lowest BCUT2D eigenvalue weighted by Gasteiger charge is -2.30. The zero-order valence-corrected chi connectivity index (χ0v) is 11.8. The van der Waals surface area contributed by atoms with Crippen molar-refractivity contribution in [1.29, 1.82) is 0 Å². The molecule has 0 saturated heterocycles. The summed E-state index contributed by atoms with van der Waals surface area (Å²) in [5.74, 6) is -0.462. The number of likely N-dealkylation sites (N-methyl/N-ethyl adjacent to an activating group) is 1. The van der Waals surface area contributed by atoms with Gasteiger partial charge in [0, 0.05) is 13.1 Å². The number of aliphatic carboxylic acids is 1. The minimum atomic E-state index is -0.712. The first-order valence-electron chi connectivity index (χ1n) is 7.07. The minimum absolute atomic E-state index is 0.302. The second kappa shape index (κ2) is 6.20. The smallest absolute Gasteiger partial charge is 0.307 e. The summed E-state index contributed by atoms with van der Waals surface area (Å²) in [6.07, 6.45) is 3.63. The number of hydrogen-bond donors (Lipinski definition) is 1. The Morgan fingerprint density at radius 1 is 1.47 bits per heavy atom. The van der Waals surface area contributed by atoms with E-state index in [0.29, 0.717) is 12.5 Å². The molecule has 0 fully saturated rings. The maximum atomic E-state index is 10.9. The molecular formula is C16H23NO2. The van der Waals surface area contributed by atoms with Crippen LogP contribution in [0.2, 0.25) is 0 Å². The zero-order chi connectivity index (χ0) is 13.8. The fourth-order valence-corrected chi connectivity index (χ4v) is 3.04. The minimum Gasteiger partial charge on any atom is -0.481 e. The Kier molecular flexibility index (Phi) is 4.59. The second-order valence-electron chi connectivity index (χ2n) is 5.75. The highest BCUT2D eigenvalue weighted by molar-refractivity contribution is 5.69. The van der Waals surface area contributed by atoms with Crippen molar-refractivity contribution < 1.29 is 9.90 Å². The largest absolute Gasteiger partial charge is 0.481 e. The highest BCUT2D eigenvalue weighted by Gasteiger charge is 2.22. The van der Waals surface area contributed by atoms with Crippen LogP contribution in [0.1, 0.15) is 36.8 Å². The Morgan fingerprint density at radius 2 is 2.21 bits per heavy atom. The van der Waals surface area contributed by atoms with Crippen LogP contribution in [-0.4, -0.2) is 36.1 Å². The Morgan fingerprint density at radius 3 is 2.95 bits per heavy atom. The van der Waals surface area contributed by atoms with E-state index in [1.54, 1.807) is 6.92 Å². The summed E-state index contributed by atoms with van der Waals surface area (Å²) in [6, 6.07) is 8.67. The van der Waals surface area contributed by atoms with E-state index >= 15 is 0 Å². The lowest BCUT2D eigenvalue weighted by Crippen LogP contribution is -2.32. The van der Waals surface area contributed by atoms with Crippen LogP contribution >= 0.6 is 0 Å². The van der Waals surface area contributed by atoms with Crippen LogP contribution in [0.15, 0.2) is 24.3 Å². The van der Waals surface area contributed by atoms with Gasteiger partial charge < -0.3 is 10.0 Å². The fourth-order valence-electron chi connectivity index (χ4n) is 3.04. The van der Waals surface area contributed by atoms with Gasteiger partial charge in [0.25, 0.3) is 0 Å². The van der Waals surface area contributed by atoms with E-state index in [4.69, 9.17) is 5.11 Å². The predicted molar refractivity (Wildman–Crippen MR) is 76.4 cm³/mol. The van der Waals surface area contributed by atoms with Crippen molar-refractivity contribution in [1.82, 2.24) is 4.90 Å². The zero-order valence-electron chi connectivity index (χ0n) is 11.8. The molecule has 1 aromatic rings. The van der Waals surface area contributed by atoms with E-state index in [-0.39, 0.29) is 5.92 Å². The molecule has 0 aliphatic heterocycles. The fraction of sp³-hybridized carbons (Fsp3) is 0.562. The molecular weight excluding hydrogens is 238 g/mol. The Labute approximate surface area is 115 Å². The average molecular weight is 261 g/mol. The van der Waals surface area contributed by atoms with Crippen LogP contribution in [0.5, 0.6) is 0 Å². The number of carbonyl (C=O) groups is 1. The molecule has 0 aromatic heterocycles. The van der Waals surface area contributed by atoms with Gasteiger partial charge in [-0.25, -0.2) is 0 Å². The summed E-state index contributed by atoms with van der Waals surface area (Å²) < 4.78 is 0. The van der Waals surface area contributed by atoms with Crippen molar-refractivity contribution in [2.45, 2.75) is 32.1 Å². The molecule has 1 aliphatic carbocycles. The molecule has 0 saturated carbocycles. The van der Waals surface area contributed by atoms with Gasteiger partial charge in [-0.1, -0.05) is 31.2 Å². The molecule has 19 heavy (non-hydrogen) atoms. The third-order valence-corrected chi connectivity index (χ3v) is 4.03. The highest BCUT2D eigenvalue weighted by atomic mass is 16.4. The van der Waals surface area contributed by atoms with Gasteiger partial charge >= 0.3 is 5.97 Å². The SMILES string of the molecule is CC(CN(C)CC1CCCc2ccccc21)C(=O)O. The number of carboxylic acid groups (broad SMARTS) is 1. The molecule has 2 rings (SSSR count). The van der Waals surface area contributed by atoms with Crippen LogP contribution in [0.4, 0.5) is 0 Å². The molecule has 3 nitrogen and oxygen atoms in total. The molecule has 1 aromatic carbocycles. The Hall–Kier alpha value is -1.35. The average Bonchev–Trinajstić information content (AvgIpc) is 2.39. The number of rotatable bonds is 5. The maximum absolute atomic E-state index is 10.9. The van der Waals surface area contributed by atoms with E-state index < -0.39 is 5.97 Å². The molecule has 0 heterocycles. The second-order valence-corrected chi connectivity index (χ2v) is 5.75. The number of carboxylic acids is 1. The Bertz CT molecular complexity index is 444. The standard InChI is InChI=1S/C16H23NO2/c1-12(16(18)19)10-17(2)11-14-8-5-7-13-6-3-4-9-15(13)14/h3-4,6,9,12,14H,5,7-8,10-11H2,1-2H3,(H,18,19). The van der Waals surface area contributed by atoms with Crippen molar-refractivity contribution in [2.75, 3.05) is 20.1 Å². The van der Waals surface area contributed by atoms with E-state index in [1.165, 1.54) is 30.4 Å². The van der Waals surface area contributed by atoms with Crippen LogP contribution in [0.25, 0.3) is 0 Å². The van der Waals surface area contributed by atoms with Gasteiger partial charge in [0.1, 0.15) is 0 Å². The molecule has 2 atom stereocenters. The van der Waals surface area contributed by atoms with Crippen LogP contribution in [0, 0.1) is 5.92 Å². The van der Waals surface area contributed by atoms with Gasteiger partial charge in [-0.3, -0.25) is 4.79 Å². The molecule has 0 bridgehead atoms. The van der Waals surface area contributed by atoms with E-state index in [1.807, 2.05) is 7.05 Å². The van der Waals surface area contributed by atoms with Crippen molar-refractivity contribution in [3.8, 4) is 0 Å². The van der Waals surface area contributed by atoms with Gasteiger partial charge in [-0.15, -0.1) is 0 Å².